The Labute approximate surface area is 136 Å². The normalized spacial score (nSPS) is 26.8. The first-order valence-corrected chi connectivity index (χ1v) is 7.98. The van der Waals surface area contributed by atoms with E-state index in [1.807, 2.05) is 26.0 Å². The summed E-state index contributed by atoms with van der Waals surface area (Å²) in [6, 6.07) is 4.65. The van der Waals surface area contributed by atoms with E-state index in [0.29, 0.717) is 18.8 Å². The standard InChI is InChI=1S/C16H25N3O4/c1-3-7-17-16(22)19-12-8-11(14(20)15(12)21)9-23-13-6-4-5-10(2)18-13/h4-6,11-12,14-15,20-21H,3,7-9H2,1-2H3,(H2,17,19,22). The number of aromatic nitrogens is 1. The Balaban J connectivity index is 1.85. The molecule has 1 aliphatic carbocycles. The summed E-state index contributed by atoms with van der Waals surface area (Å²) < 4.78 is 5.60. The summed E-state index contributed by atoms with van der Waals surface area (Å²) in [7, 11) is 0. The average molecular weight is 323 g/mol. The average Bonchev–Trinajstić information content (AvgIpc) is 2.79. The number of carbonyl (C=O) groups is 1. The molecule has 0 aliphatic heterocycles. The van der Waals surface area contributed by atoms with Crippen molar-refractivity contribution in [1.82, 2.24) is 15.6 Å². The quantitative estimate of drug-likeness (QED) is 0.613. The number of carbonyl (C=O) groups excluding carboxylic acids is 1. The number of aliphatic hydroxyl groups excluding tert-OH is 2. The van der Waals surface area contributed by atoms with Gasteiger partial charge < -0.3 is 25.6 Å². The molecule has 2 rings (SSSR count). The van der Waals surface area contributed by atoms with Gasteiger partial charge in [-0.1, -0.05) is 13.0 Å². The van der Waals surface area contributed by atoms with Crippen molar-refractivity contribution in [3.05, 3.63) is 23.9 Å². The maximum absolute atomic E-state index is 11.7. The van der Waals surface area contributed by atoms with Crippen LogP contribution in [0.25, 0.3) is 0 Å². The van der Waals surface area contributed by atoms with Gasteiger partial charge in [-0.3, -0.25) is 0 Å². The third-order valence-corrected chi connectivity index (χ3v) is 3.96. The minimum atomic E-state index is -0.999. The fourth-order valence-electron chi connectivity index (χ4n) is 2.68. The van der Waals surface area contributed by atoms with E-state index in [9.17, 15) is 15.0 Å². The molecule has 128 valence electrons. The summed E-state index contributed by atoms with van der Waals surface area (Å²) in [5, 5.41) is 25.6. The molecule has 7 nitrogen and oxygen atoms in total. The molecule has 4 N–H and O–H groups in total. The summed E-state index contributed by atoms with van der Waals surface area (Å²) in [4.78, 5) is 15.9. The van der Waals surface area contributed by atoms with Gasteiger partial charge in [0.1, 0.15) is 6.10 Å². The Morgan fingerprint density at radius 3 is 2.87 bits per heavy atom. The molecule has 7 heteroatoms. The van der Waals surface area contributed by atoms with Crippen LogP contribution in [0, 0.1) is 12.8 Å². The number of urea groups is 1. The van der Waals surface area contributed by atoms with Crippen molar-refractivity contribution in [3.63, 3.8) is 0 Å². The molecular formula is C16H25N3O4. The van der Waals surface area contributed by atoms with Crippen molar-refractivity contribution in [1.29, 1.82) is 0 Å². The predicted molar refractivity (Wildman–Crippen MR) is 85.2 cm³/mol. The highest BCUT2D eigenvalue weighted by molar-refractivity contribution is 5.74. The minimum absolute atomic E-state index is 0.240. The summed E-state index contributed by atoms with van der Waals surface area (Å²) in [5.74, 6) is 0.229. The van der Waals surface area contributed by atoms with Gasteiger partial charge in [0.25, 0.3) is 0 Å². The number of rotatable bonds is 6. The van der Waals surface area contributed by atoms with Crippen molar-refractivity contribution >= 4 is 6.03 Å². The SMILES string of the molecule is CCCNC(=O)NC1CC(COc2cccc(C)n2)C(O)C1O. The Hall–Kier alpha value is -1.86. The maximum atomic E-state index is 11.7. The van der Waals surface area contributed by atoms with Crippen LogP contribution in [0.15, 0.2) is 18.2 Å². The topological polar surface area (TPSA) is 104 Å². The van der Waals surface area contributed by atoms with Crippen LogP contribution >= 0.6 is 0 Å². The lowest BCUT2D eigenvalue weighted by Gasteiger charge is -2.18. The Morgan fingerprint density at radius 2 is 2.17 bits per heavy atom. The van der Waals surface area contributed by atoms with E-state index >= 15 is 0 Å². The number of hydrogen-bond donors (Lipinski definition) is 4. The first kappa shape index (κ1) is 17.5. The smallest absolute Gasteiger partial charge is 0.315 e. The number of hydrogen-bond acceptors (Lipinski definition) is 5. The molecule has 1 aromatic rings. The predicted octanol–water partition coefficient (Wildman–Crippen LogP) is 0.588. The van der Waals surface area contributed by atoms with Crippen LogP contribution in [0.2, 0.25) is 0 Å². The van der Waals surface area contributed by atoms with Crippen LogP contribution in [0.5, 0.6) is 5.88 Å². The second-order valence-corrected chi connectivity index (χ2v) is 5.91. The monoisotopic (exact) mass is 323 g/mol. The van der Waals surface area contributed by atoms with Gasteiger partial charge in [-0.25, -0.2) is 9.78 Å². The molecule has 0 bridgehead atoms. The zero-order chi connectivity index (χ0) is 16.8. The second kappa shape index (κ2) is 8.12. The van der Waals surface area contributed by atoms with Crippen LogP contribution in [0.3, 0.4) is 0 Å². The van der Waals surface area contributed by atoms with E-state index in [1.165, 1.54) is 0 Å². The van der Waals surface area contributed by atoms with Crippen molar-refractivity contribution in [2.45, 2.75) is 44.9 Å². The summed E-state index contributed by atoms with van der Waals surface area (Å²) in [6.45, 7) is 4.64. The molecule has 1 saturated carbocycles. The third-order valence-electron chi connectivity index (χ3n) is 3.96. The number of aliphatic hydroxyl groups is 2. The van der Waals surface area contributed by atoms with Crippen molar-refractivity contribution < 1.29 is 19.7 Å². The lowest BCUT2D eigenvalue weighted by molar-refractivity contribution is 0.00293. The summed E-state index contributed by atoms with van der Waals surface area (Å²) in [6.07, 6.45) is -0.644. The number of amides is 2. The Morgan fingerprint density at radius 1 is 1.39 bits per heavy atom. The first-order chi connectivity index (χ1) is 11.0. The largest absolute Gasteiger partial charge is 0.477 e. The third kappa shape index (κ3) is 4.80. The Bertz CT molecular complexity index is 526. The first-order valence-electron chi connectivity index (χ1n) is 7.98. The van der Waals surface area contributed by atoms with Gasteiger partial charge in [-0.05, 0) is 25.8 Å². The number of aryl methyl sites for hydroxylation is 1. The van der Waals surface area contributed by atoms with E-state index in [1.54, 1.807) is 6.07 Å². The molecule has 2 amide bonds. The maximum Gasteiger partial charge on any atom is 0.315 e. The number of nitrogens with one attached hydrogen (secondary N) is 2. The van der Waals surface area contributed by atoms with Crippen LogP contribution < -0.4 is 15.4 Å². The van der Waals surface area contributed by atoms with E-state index < -0.39 is 18.2 Å². The van der Waals surface area contributed by atoms with Crippen LogP contribution in [-0.2, 0) is 0 Å². The van der Waals surface area contributed by atoms with Gasteiger partial charge in [0.05, 0.1) is 18.8 Å². The molecule has 1 aliphatic rings. The van der Waals surface area contributed by atoms with Crippen LogP contribution in [0.1, 0.15) is 25.5 Å². The number of pyridine rings is 1. The van der Waals surface area contributed by atoms with E-state index in [-0.39, 0.29) is 18.6 Å². The van der Waals surface area contributed by atoms with E-state index in [0.717, 1.165) is 12.1 Å². The van der Waals surface area contributed by atoms with E-state index in [4.69, 9.17) is 4.74 Å². The molecule has 4 atom stereocenters. The van der Waals surface area contributed by atoms with Gasteiger partial charge in [-0.15, -0.1) is 0 Å². The van der Waals surface area contributed by atoms with Crippen LogP contribution in [-0.4, -0.2) is 52.6 Å². The van der Waals surface area contributed by atoms with Crippen LogP contribution in [0.4, 0.5) is 4.79 Å². The highest BCUT2D eigenvalue weighted by atomic mass is 16.5. The molecule has 0 radical (unpaired) electrons. The highest BCUT2D eigenvalue weighted by Gasteiger charge is 2.42. The number of nitrogens with zero attached hydrogens (tertiary/aromatic N) is 1. The second-order valence-electron chi connectivity index (χ2n) is 5.91. The van der Waals surface area contributed by atoms with Crippen molar-refractivity contribution in [2.24, 2.45) is 5.92 Å². The molecule has 1 fully saturated rings. The zero-order valence-electron chi connectivity index (χ0n) is 13.5. The van der Waals surface area contributed by atoms with Gasteiger partial charge in [0, 0.05) is 24.2 Å². The van der Waals surface area contributed by atoms with Gasteiger partial charge in [0.15, 0.2) is 0 Å². The van der Waals surface area contributed by atoms with Crippen molar-refractivity contribution in [2.75, 3.05) is 13.2 Å². The van der Waals surface area contributed by atoms with Gasteiger partial charge >= 0.3 is 6.03 Å². The highest BCUT2D eigenvalue weighted by Crippen LogP contribution is 2.27. The van der Waals surface area contributed by atoms with E-state index in [2.05, 4.69) is 15.6 Å². The molecule has 1 heterocycles. The van der Waals surface area contributed by atoms with Crippen molar-refractivity contribution in [3.8, 4) is 5.88 Å². The summed E-state index contributed by atoms with van der Waals surface area (Å²) in [5.41, 5.74) is 0.849. The lowest BCUT2D eigenvalue weighted by Crippen LogP contribution is -2.47. The van der Waals surface area contributed by atoms with Gasteiger partial charge in [0.2, 0.25) is 5.88 Å². The molecule has 1 aromatic heterocycles. The minimum Gasteiger partial charge on any atom is -0.477 e. The molecule has 0 saturated heterocycles. The molecule has 4 unspecified atom stereocenters. The molecule has 0 spiro atoms. The lowest BCUT2D eigenvalue weighted by atomic mass is 10.1. The fraction of sp³-hybridized carbons (Fsp3) is 0.625. The number of ether oxygens (including phenoxy) is 1. The Kier molecular flexibility index (Phi) is 6.18. The molecular weight excluding hydrogens is 298 g/mol. The fourth-order valence-corrected chi connectivity index (χ4v) is 2.68. The molecule has 0 aromatic carbocycles. The molecule has 23 heavy (non-hydrogen) atoms. The van der Waals surface area contributed by atoms with Gasteiger partial charge in [-0.2, -0.15) is 0 Å². The zero-order valence-corrected chi connectivity index (χ0v) is 13.5. The summed E-state index contributed by atoms with van der Waals surface area (Å²) >= 11 is 0.